The SMILES string of the molecule is COc1ccc(CNc2ccc(F)c(Cl)c2)cn1. The van der Waals surface area contributed by atoms with Crippen LogP contribution in [0, 0.1) is 5.82 Å². The first-order valence-corrected chi connectivity index (χ1v) is 5.74. The third-order valence-electron chi connectivity index (χ3n) is 2.42. The molecule has 0 radical (unpaired) electrons. The summed E-state index contributed by atoms with van der Waals surface area (Å²) in [6, 6.07) is 8.21. The quantitative estimate of drug-likeness (QED) is 0.920. The molecule has 0 atom stereocenters. The average molecular weight is 267 g/mol. The summed E-state index contributed by atoms with van der Waals surface area (Å²) in [5, 5.41) is 3.24. The summed E-state index contributed by atoms with van der Waals surface area (Å²) in [7, 11) is 1.57. The van der Waals surface area contributed by atoms with Crippen LogP contribution in [0.3, 0.4) is 0 Å². The molecule has 2 rings (SSSR count). The fraction of sp³-hybridized carbons (Fsp3) is 0.154. The van der Waals surface area contributed by atoms with Crippen LogP contribution in [0.15, 0.2) is 36.5 Å². The summed E-state index contributed by atoms with van der Waals surface area (Å²) in [6.07, 6.45) is 1.72. The van der Waals surface area contributed by atoms with Crippen LogP contribution in [0.5, 0.6) is 5.88 Å². The molecule has 18 heavy (non-hydrogen) atoms. The number of benzene rings is 1. The van der Waals surface area contributed by atoms with Gasteiger partial charge in [-0.2, -0.15) is 0 Å². The molecule has 0 amide bonds. The molecule has 1 aromatic heterocycles. The standard InChI is InChI=1S/C13H12ClFN2O/c1-18-13-5-2-9(8-17-13)7-16-10-3-4-12(15)11(14)6-10/h2-6,8,16H,7H2,1H3. The molecule has 3 nitrogen and oxygen atoms in total. The summed E-state index contributed by atoms with van der Waals surface area (Å²) >= 11 is 5.69. The van der Waals surface area contributed by atoms with Crippen molar-refractivity contribution in [3.63, 3.8) is 0 Å². The molecule has 0 saturated heterocycles. The number of pyridine rings is 1. The summed E-state index contributed by atoms with van der Waals surface area (Å²) in [5.74, 6) is 0.150. The molecule has 94 valence electrons. The highest BCUT2D eigenvalue weighted by Crippen LogP contribution is 2.19. The predicted octanol–water partition coefficient (Wildman–Crippen LogP) is 3.49. The lowest BCUT2D eigenvalue weighted by Gasteiger charge is -2.07. The second-order valence-electron chi connectivity index (χ2n) is 3.69. The lowest BCUT2D eigenvalue weighted by Crippen LogP contribution is -2.00. The van der Waals surface area contributed by atoms with E-state index in [9.17, 15) is 4.39 Å². The Labute approximate surface area is 110 Å². The van der Waals surface area contributed by atoms with E-state index in [0.29, 0.717) is 12.4 Å². The maximum Gasteiger partial charge on any atom is 0.212 e. The molecule has 5 heteroatoms. The van der Waals surface area contributed by atoms with Crippen molar-refractivity contribution in [3.8, 4) is 5.88 Å². The molecule has 0 aliphatic carbocycles. The Morgan fingerprint density at radius 2 is 2.17 bits per heavy atom. The van der Waals surface area contributed by atoms with Crippen molar-refractivity contribution < 1.29 is 9.13 Å². The minimum atomic E-state index is -0.423. The van der Waals surface area contributed by atoms with Crippen molar-refractivity contribution in [3.05, 3.63) is 52.9 Å². The zero-order valence-corrected chi connectivity index (χ0v) is 10.5. The number of aromatic nitrogens is 1. The number of rotatable bonds is 4. The minimum Gasteiger partial charge on any atom is -0.481 e. The van der Waals surface area contributed by atoms with Crippen LogP contribution in [0.2, 0.25) is 5.02 Å². The third-order valence-corrected chi connectivity index (χ3v) is 2.71. The van der Waals surface area contributed by atoms with E-state index in [-0.39, 0.29) is 5.02 Å². The monoisotopic (exact) mass is 266 g/mol. The second kappa shape index (κ2) is 5.69. The first kappa shape index (κ1) is 12.6. The number of hydrogen-bond donors (Lipinski definition) is 1. The minimum absolute atomic E-state index is 0.104. The second-order valence-corrected chi connectivity index (χ2v) is 4.10. The summed E-state index contributed by atoms with van der Waals surface area (Å²) in [6.45, 7) is 0.582. The maximum atomic E-state index is 13.0. The van der Waals surface area contributed by atoms with Crippen LogP contribution >= 0.6 is 11.6 Å². The van der Waals surface area contributed by atoms with E-state index in [0.717, 1.165) is 11.3 Å². The first-order valence-electron chi connectivity index (χ1n) is 5.37. The molecule has 0 aliphatic heterocycles. The summed E-state index contributed by atoms with van der Waals surface area (Å²) < 4.78 is 17.9. The van der Waals surface area contributed by atoms with Crippen molar-refractivity contribution in [2.75, 3.05) is 12.4 Å². The largest absolute Gasteiger partial charge is 0.481 e. The Bertz CT molecular complexity index is 531. The highest BCUT2D eigenvalue weighted by molar-refractivity contribution is 6.31. The van der Waals surface area contributed by atoms with Crippen molar-refractivity contribution in [2.24, 2.45) is 0 Å². The van der Waals surface area contributed by atoms with Crippen LogP contribution in [0.4, 0.5) is 10.1 Å². The number of hydrogen-bond acceptors (Lipinski definition) is 3. The fourth-order valence-corrected chi connectivity index (χ4v) is 1.63. The molecule has 0 unspecified atom stereocenters. The van der Waals surface area contributed by atoms with Crippen LogP contribution in [-0.4, -0.2) is 12.1 Å². The maximum absolute atomic E-state index is 13.0. The number of nitrogens with zero attached hydrogens (tertiary/aromatic N) is 1. The normalized spacial score (nSPS) is 10.2. The predicted molar refractivity (Wildman–Crippen MR) is 69.5 cm³/mol. The number of nitrogens with one attached hydrogen (secondary N) is 1. The number of anilines is 1. The highest BCUT2D eigenvalue weighted by Gasteiger charge is 2.01. The van der Waals surface area contributed by atoms with Crippen molar-refractivity contribution >= 4 is 17.3 Å². The Hall–Kier alpha value is -1.81. The van der Waals surface area contributed by atoms with Crippen molar-refractivity contribution in [1.29, 1.82) is 0 Å². The van der Waals surface area contributed by atoms with Gasteiger partial charge in [-0.1, -0.05) is 17.7 Å². The topological polar surface area (TPSA) is 34.1 Å². The van der Waals surface area contributed by atoms with Gasteiger partial charge in [0.2, 0.25) is 5.88 Å². The smallest absolute Gasteiger partial charge is 0.212 e. The lowest BCUT2D eigenvalue weighted by molar-refractivity contribution is 0.397. The van der Waals surface area contributed by atoms with E-state index in [1.807, 2.05) is 6.07 Å². The van der Waals surface area contributed by atoms with E-state index in [1.54, 1.807) is 31.5 Å². The molecule has 1 N–H and O–H groups in total. The summed E-state index contributed by atoms with van der Waals surface area (Å²) in [5.41, 5.74) is 1.76. The molecule has 0 bridgehead atoms. The van der Waals surface area contributed by atoms with E-state index in [2.05, 4.69) is 10.3 Å². The van der Waals surface area contributed by atoms with Gasteiger partial charge in [-0.05, 0) is 23.8 Å². The molecule has 0 spiro atoms. The molecule has 0 saturated carbocycles. The molecular formula is C13H12ClFN2O. The third kappa shape index (κ3) is 3.11. The molecule has 1 aromatic carbocycles. The molecule has 2 aromatic rings. The van der Waals surface area contributed by atoms with Gasteiger partial charge < -0.3 is 10.1 Å². The number of methoxy groups -OCH3 is 1. The van der Waals surface area contributed by atoms with E-state index in [4.69, 9.17) is 16.3 Å². The molecular weight excluding hydrogens is 255 g/mol. The van der Waals surface area contributed by atoms with Gasteiger partial charge in [-0.25, -0.2) is 9.37 Å². The van der Waals surface area contributed by atoms with Crippen molar-refractivity contribution in [2.45, 2.75) is 6.54 Å². The van der Waals surface area contributed by atoms with E-state index in [1.165, 1.54) is 6.07 Å². The van der Waals surface area contributed by atoms with E-state index >= 15 is 0 Å². The van der Waals surface area contributed by atoms with Crippen LogP contribution in [0.25, 0.3) is 0 Å². The van der Waals surface area contributed by atoms with Gasteiger partial charge in [-0.15, -0.1) is 0 Å². The van der Waals surface area contributed by atoms with Gasteiger partial charge in [0.25, 0.3) is 0 Å². The Morgan fingerprint density at radius 1 is 1.33 bits per heavy atom. The zero-order chi connectivity index (χ0) is 13.0. The van der Waals surface area contributed by atoms with Gasteiger partial charge >= 0.3 is 0 Å². The van der Waals surface area contributed by atoms with E-state index < -0.39 is 5.82 Å². The first-order chi connectivity index (χ1) is 8.69. The Kier molecular flexibility index (Phi) is 3.99. The van der Waals surface area contributed by atoms with Crippen LogP contribution in [0.1, 0.15) is 5.56 Å². The van der Waals surface area contributed by atoms with Crippen LogP contribution < -0.4 is 10.1 Å². The zero-order valence-electron chi connectivity index (χ0n) is 9.78. The molecule has 0 aliphatic rings. The number of halogens is 2. The molecule has 0 fully saturated rings. The van der Waals surface area contributed by atoms with Gasteiger partial charge in [-0.3, -0.25) is 0 Å². The van der Waals surface area contributed by atoms with Gasteiger partial charge in [0.1, 0.15) is 5.82 Å². The van der Waals surface area contributed by atoms with Gasteiger partial charge in [0.15, 0.2) is 0 Å². The Balaban J connectivity index is 1.99. The van der Waals surface area contributed by atoms with Crippen molar-refractivity contribution in [1.82, 2.24) is 4.98 Å². The van der Waals surface area contributed by atoms with Gasteiger partial charge in [0, 0.05) is 24.5 Å². The number of ether oxygens (including phenoxy) is 1. The van der Waals surface area contributed by atoms with Gasteiger partial charge in [0.05, 0.1) is 12.1 Å². The van der Waals surface area contributed by atoms with Crippen LogP contribution in [-0.2, 0) is 6.54 Å². The fourth-order valence-electron chi connectivity index (χ4n) is 1.45. The summed E-state index contributed by atoms with van der Waals surface area (Å²) in [4.78, 5) is 4.09. The molecule has 1 heterocycles. The Morgan fingerprint density at radius 3 is 2.78 bits per heavy atom. The highest BCUT2D eigenvalue weighted by atomic mass is 35.5. The lowest BCUT2D eigenvalue weighted by atomic mass is 10.2. The average Bonchev–Trinajstić information content (AvgIpc) is 2.41.